The first-order valence-corrected chi connectivity index (χ1v) is 13.3. The lowest BCUT2D eigenvalue weighted by Gasteiger charge is -2.29. The fourth-order valence-electron chi connectivity index (χ4n) is 3.62. The van der Waals surface area contributed by atoms with Crippen LogP contribution in [0.1, 0.15) is 28.4 Å². The van der Waals surface area contributed by atoms with Crippen molar-refractivity contribution in [3.8, 4) is 11.5 Å². The van der Waals surface area contributed by atoms with Crippen molar-refractivity contribution < 1.29 is 29.0 Å². The summed E-state index contributed by atoms with van der Waals surface area (Å²) in [6.07, 6.45) is 1.48. The van der Waals surface area contributed by atoms with Crippen LogP contribution < -0.4 is 19.7 Å². The number of benzene rings is 3. The first-order chi connectivity index (χ1) is 18.2. The van der Waals surface area contributed by atoms with E-state index in [1.54, 1.807) is 48.5 Å². The van der Waals surface area contributed by atoms with Gasteiger partial charge in [0, 0.05) is 0 Å². The van der Waals surface area contributed by atoms with Gasteiger partial charge < -0.3 is 14.6 Å². The molecule has 1 heterocycles. The van der Waals surface area contributed by atoms with Gasteiger partial charge in [0.25, 0.3) is 11.8 Å². The number of nitrogens with zero attached hydrogens (tertiary/aromatic N) is 1. The Morgan fingerprint density at radius 3 is 2.24 bits per heavy atom. The van der Waals surface area contributed by atoms with Crippen molar-refractivity contribution in [2.45, 2.75) is 13.5 Å². The highest BCUT2D eigenvalue weighted by atomic mass is 79.9. The third-order valence-corrected chi connectivity index (χ3v) is 6.89. The number of carbonyl (C=O) groups is 3. The van der Waals surface area contributed by atoms with E-state index >= 15 is 0 Å². The second-order valence-electron chi connectivity index (χ2n) is 7.99. The summed E-state index contributed by atoms with van der Waals surface area (Å²) in [6.45, 7) is 2.59. The molecule has 3 aromatic carbocycles. The van der Waals surface area contributed by atoms with Gasteiger partial charge in [-0.15, -0.1) is 0 Å². The summed E-state index contributed by atoms with van der Waals surface area (Å²) in [5, 5.41) is 11.6. The summed E-state index contributed by atoms with van der Waals surface area (Å²) < 4.78 is 12.5. The van der Waals surface area contributed by atoms with Crippen molar-refractivity contribution in [1.29, 1.82) is 0 Å². The van der Waals surface area contributed by atoms with E-state index in [0.717, 1.165) is 5.56 Å². The first-order valence-electron chi connectivity index (χ1n) is 11.3. The lowest BCUT2D eigenvalue weighted by molar-refractivity contribution is -0.122. The SMILES string of the molecule is CCOc1ccc(N2C(=O)/C(=C/c3cc(Br)c(OCc4ccc(C(=O)O)cc4)c(Br)c3)C(=O)NC2=S)cc1. The zero-order valence-electron chi connectivity index (χ0n) is 19.9. The van der Waals surface area contributed by atoms with Gasteiger partial charge in [0.05, 0.1) is 26.8 Å². The maximum atomic E-state index is 13.3. The Morgan fingerprint density at radius 2 is 1.66 bits per heavy atom. The zero-order chi connectivity index (χ0) is 27.4. The molecule has 1 aliphatic rings. The summed E-state index contributed by atoms with van der Waals surface area (Å²) in [5.41, 5.74) is 1.96. The minimum Gasteiger partial charge on any atom is -0.494 e. The van der Waals surface area contributed by atoms with Gasteiger partial charge in [-0.2, -0.15) is 0 Å². The number of amides is 2. The average Bonchev–Trinajstić information content (AvgIpc) is 2.87. The number of carboxylic acids is 1. The van der Waals surface area contributed by atoms with Crippen LogP contribution in [0.4, 0.5) is 5.69 Å². The first kappa shape index (κ1) is 27.5. The second-order valence-corrected chi connectivity index (χ2v) is 10.1. The van der Waals surface area contributed by atoms with Gasteiger partial charge in [-0.25, -0.2) is 4.79 Å². The Bertz CT molecular complexity index is 1430. The summed E-state index contributed by atoms with van der Waals surface area (Å²) in [7, 11) is 0. The van der Waals surface area contributed by atoms with E-state index in [-0.39, 0.29) is 22.9 Å². The maximum absolute atomic E-state index is 13.3. The van der Waals surface area contributed by atoms with Crippen LogP contribution in [-0.2, 0) is 16.2 Å². The van der Waals surface area contributed by atoms with Crippen LogP contribution in [0, 0.1) is 0 Å². The minimum absolute atomic E-state index is 0.0104. The van der Waals surface area contributed by atoms with E-state index in [1.165, 1.54) is 23.1 Å². The molecule has 1 aliphatic heterocycles. The molecule has 1 fully saturated rings. The largest absolute Gasteiger partial charge is 0.494 e. The number of carbonyl (C=O) groups excluding carboxylic acids is 2. The molecule has 0 unspecified atom stereocenters. The number of nitrogens with one attached hydrogen (secondary N) is 1. The summed E-state index contributed by atoms with van der Waals surface area (Å²) >= 11 is 12.2. The molecule has 0 radical (unpaired) electrons. The topological polar surface area (TPSA) is 105 Å². The Hall–Kier alpha value is -3.54. The third-order valence-electron chi connectivity index (χ3n) is 5.42. The molecular weight excluding hydrogens is 640 g/mol. The molecule has 0 atom stereocenters. The van der Waals surface area contributed by atoms with Crippen molar-refractivity contribution in [2.75, 3.05) is 11.5 Å². The number of hydrogen-bond donors (Lipinski definition) is 2. The van der Waals surface area contributed by atoms with E-state index in [2.05, 4.69) is 37.2 Å². The average molecular weight is 660 g/mol. The molecule has 11 heteroatoms. The maximum Gasteiger partial charge on any atom is 0.335 e. The second kappa shape index (κ2) is 11.9. The van der Waals surface area contributed by atoms with Gasteiger partial charge in [0.1, 0.15) is 23.7 Å². The molecule has 0 aromatic heterocycles. The van der Waals surface area contributed by atoms with Gasteiger partial charge in [-0.3, -0.25) is 19.8 Å². The van der Waals surface area contributed by atoms with Crippen molar-refractivity contribution in [3.05, 3.63) is 91.9 Å². The van der Waals surface area contributed by atoms with Crippen LogP contribution in [0.5, 0.6) is 11.5 Å². The van der Waals surface area contributed by atoms with Crippen LogP contribution in [-0.4, -0.2) is 34.6 Å². The molecule has 4 rings (SSSR count). The van der Waals surface area contributed by atoms with Crippen molar-refractivity contribution in [2.24, 2.45) is 0 Å². The number of anilines is 1. The molecule has 8 nitrogen and oxygen atoms in total. The number of hydrogen-bond acceptors (Lipinski definition) is 6. The molecule has 0 spiro atoms. The molecule has 2 amide bonds. The molecular formula is C27H20Br2N2O6S. The van der Waals surface area contributed by atoms with Gasteiger partial charge in [0.2, 0.25) is 0 Å². The minimum atomic E-state index is -0.998. The lowest BCUT2D eigenvalue weighted by atomic mass is 10.1. The molecule has 1 saturated heterocycles. The Balaban J connectivity index is 1.55. The molecule has 194 valence electrons. The van der Waals surface area contributed by atoms with Crippen molar-refractivity contribution in [1.82, 2.24) is 5.32 Å². The molecule has 38 heavy (non-hydrogen) atoms. The molecule has 0 aliphatic carbocycles. The fourth-order valence-corrected chi connectivity index (χ4v) is 5.35. The predicted octanol–water partition coefficient (Wildman–Crippen LogP) is 5.72. The van der Waals surface area contributed by atoms with E-state index in [0.29, 0.717) is 38.3 Å². The molecule has 0 bridgehead atoms. The number of carboxylic acid groups (broad SMARTS) is 1. The number of thiocarbonyl (C=S) groups is 1. The quantitative estimate of drug-likeness (QED) is 0.181. The van der Waals surface area contributed by atoms with E-state index in [9.17, 15) is 14.4 Å². The molecule has 2 N–H and O–H groups in total. The van der Waals surface area contributed by atoms with Gasteiger partial charge in [-0.05, 0) is 117 Å². The van der Waals surface area contributed by atoms with Crippen LogP contribution in [0.2, 0.25) is 0 Å². The van der Waals surface area contributed by atoms with E-state index < -0.39 is 17.8 Å². The van der Waals surface area contributed by atoms with Crippen molar-refractivity contribution in [3.63, 3.8) is 0 Å². The van der Waals surface area contributed by atoms with E-state index in [4.69, 9.17) is 26.8 Å². The number of rotatable bonds is 8. The van der Waals surface area contributed by atoms with Crippen LogP contribution in [0.15, 0.2) is 75.2 Å². The zero-order valence-corrected chi connectivity index (χ0v) is 23.9. The summed E-state index contributed by atoms with van der Waals surface area (Å²) in [4.78, 5) is 38.3. The summed E-state index contributed by atoms with van der Waals surface area (Å²) in [5.74, 6) is -0.992. The fraction of sp³-hybridized carbons (Fsp3) is 0.111. The van der Waals surface area contributed by atoms with Gasteiger partial charge >= 0.3 is 5.97 Å². The highest BCUT2D eigenvalue weighted by Crippen LogP contribution is 2.36. The number of aromatic carboxylic acids is 1. The van der Waals surface area contributed by atoms with Crippen LogP contribution >= 0.6 is 44.1 Å². The predicted molar refractivity (Wildman–Crippen MR) is 153 cm³/mol. The lowest BCUT2D eigenvalue weighted by Crippen LogP contribution is -2.54. The van der Waals surface area contributed by atoms with Crippen molar-refractivity contribution >= 4 is 78.7 Å². The highest BCUT2D eigenvalue weighted by molar-refractivity contribution is 9.11. The molecule has 0 saturated carbocycles. The highest BCUT2D eigenvalue weighted by Gasteiger charge is 2.34. The van der Waals surface area contributed by atoms with Gasteiger partial charge in [0.15, 0.2) is 5.11 Å². The Morgan fingerprint density at radius 1 is 1.03 bits per heavy atom. The normalized spacial score (nSPS) is 14.4. The third kappa shape index (κ3) is 6.12. The van der Waals surface area contributed by atoms with Crippen LogP contribution in [0.25, 0.3) is 6.08 Å². The summed E-state index contributed by atoms with van der Waals surface area (Å²) in [6, 6.07) is 16.6. The Kier molecular flexibility index (Phi) is 8.60. The number of ether oxygens (including phenoxy) is 2. The monoisotopic (exact) mass is 658 g/mol. The standard InChI is InChI=1S/C27H20Br2N2O6S/c1-2-36-19-9-7-18(8-10-19)31-25(33)20(24(32)30-27(31)38)11-16-12-21(28)23(22(29)13-16)37-14-15-3-5-17(6-4-15)26(34)35/h3-13H,2,14H2,1H3,(H,34,35)(H,30,32,38)/b20-11+. The van der Waals surface area contributed by atoms with E-state index in [1.807, 2.05) is 6.92 Å². The number of halogens is 2. The molecule has 3 aromatic rings. The van der Waals surface area contributed by atoms with Gasteiger partial charge in [-0.1, -0.05) is 12.1 Å². The smallest absolute Gasteiger partial charge is 0.335 e. The van der Waals surface area contributed by atoms with Crippen LogP contribution in [0.3, 0.4) is 0 Å². The Labute approximate surface area is 240 Å².